The fourth-order valence-corrected chi connectivity index (χ4v) is 1.89. The summed E-state index contributed by atoms with van der Waals surface area (Å²) in [5.41, 5.74) is 1.56. The summed E-state index contributed by atoms with van der Waals surface area (Å²) in [5, 5.41) is 21.3. The first-order chi connectivity index (χ1) is 9.99. The van der Waals surface area contributed by atoms with Crippen molar-refractivity contribution in [2.75, 3.05) is 17.2 Å². The molecule has 0 saturated carbocycles. The molecular formula is C13H18N6O2. The van der Waals surface area contributed by atoms with E-state index in [1.54, 1.807) is 10.9 Å². The molecule has 0 amide bonds. The van der Waals surface area contributed by atoms with Gasteiger partial charge < -0.3 is 10.6 Å². The van der Waals surface area contributed by atoms with Crippen molar-refractivity contribution >= 4 is 23.0 Å². The molecule has 0 aromatic carbocycles. The smallest absolute Gasteiger partial charge is 0.276 e. The zero-order valence-electron chi connectivity index (χ0n) is 12.3. The maximum absolute atomic E-state index is 11.0. The van der Waals surface area contributed by atoms with E-state index in [-0.39, 0.29) is 5.69 Å². The van der Waals surface area contributed by atoms with Gasteiger partial charge in [-0.1, -0.05) is 6.92 Å². The molecular weight excluding hydrogens is 272 g/mol. The van der Waals surface area contributed by atoms with Gasteiger partial charge in [-0.25, -0.2) is 4.98 Å². The van der Waals surface area contributed by atoms with E-state index in [2.05, 4.69) is 20.7 Å². The molecule has 0 aliphatic rings. The van der Waals surface area contributed by atoms with Crippen molar-refractivity contribution in [1.29, 1.82) is 0 Å². The zero-order valence-corrected chi connectivity index (χ0v) is 12.3. The third-order valence-electron chi connectivity index (χ3n) is 2.85. The van der Waals surface area contributed by atoms with E-state index in [0.717, 1.165) is 17.8 Å². The van der Waals surface area contributed by atoms with E-state index >= 15 is 0 Å². The standard InChI is InChI=1S/C13H18N6O2/c1-4-5-14-12-6-10(19(20)21)7-13(16-12)15-11-8-18(3)17-9(11)2/h6-8H,4-5H2,1-3H3,(H2,14,15,16). The van der Waals surface area contributed by atoms with Crippen molar-refractivity contribution in [1.82, 2.24) is 14.8 Å². The number of hydrogen-bond donors (Lipinski definition) is 2. The predicted molar refractivity (Wildman–Crippen MR) is 80.9 cm³/mol. The lowest BCUT2D eigenvalue weighted by Crippen LogP contribution is -2.05. The van der Waals surface area contributed by atoms with Gasteiger partial charge in [-0.3, -0.25) is 14.8 Å². The largest absolute Gasteiger partial charge is 0.370 e. The first-order valence-electron chi connectivity index (χ1n) is 6.67. The predicted octanol–water partition coefficient (Wildman–Crippen LogP) is 2.60. The number of nitrogens with zero attached hydrogens (tertiary/aromatic N) is 4. The average molecular weight is 290 g/mol. The van der Waals surface area contributed by atoms with E-state index in [4.69, 9.17) is 0 Å². The van der Waals surface area contributed by atoms with Gasteiger partial charge in [-0.05, 0) is 13.3 Å². The van der Waals surface area contributed by atoms with Crippen LogP contribution in [0.25, 0.3) is 0 Å². The summed E-state index contributed by atoms with van der Waals surface area (Å²) < 4.78 is 1.67. The highest BCUT2D eigenvalue weighted by Crippen LogP contribution is 2.24. The topological polar surface area (TPSA) is 97.9 Å². The van der Waals surface area contributed by atoms with Gasteiger partial charge >= 0.3 is 0 Å². The van der Waals surface area contributed by atoms with Crippen LogP contribution in [0.2, 0.25) is 0 Å². The Kier molecular flexibility index (Phi) is 4.36. The summed E-state index contributed by atoms with van der Waals surface area (Å²) >= 11 is 0. The van der Waals surface area contributed by atoms with E-state index < -0.39 is 4.92 Å². The lowest BCUT2D eigenvalue weighted by atomic mass is 10.3. The van der Waals surface area contributed by atoms with Crippen LogP contribution >= 0.6 is 0 Å². The van der Waals surface area contributed by atoms with Crippen molar-refractivity contribution in [3.8, 4) is 0 Å². The van der Waals surface area contributed by atoms with Crippen LogP contribution in [0.5, 0.6) is 0 Å². The van der Waals surface area contributed by atoms with Gasteiger partial charge in [0.1, 0.15) is 11.6 Å². The highest BCUT2D eigenvalue weighted by Gasteiger charge is 2.12. The maximum Gasteiger partial charge on any atom is 0.276 e. The second-order valence-corrected chi connectivity index (χ2v) is 4.71. The molecule has 0 radical (unpaired) electrons. The quantitative estimate of drug-likeness (QED) is 0.627. The second-order valence-electron chi connectivity index (χ2n) is 4.71. The van der Waals surface area contributed by atoms with Gasteiger partial charge in [0.25, 0.3) is 5.69 Å². The Bertz CT molecular complexity index is 652. The minimum absolute atomic E-state index is 0.00681. The summed E-state index contributed by atoms with van der Waals surface area (Å²) in [6.07, 6.45) is 2.71. The van der Waals surface area contributed by atoms with E-state index in [1.165, 1.54) is 12.1 Å². The molecule has 2 heterocycles. The van der Waals surface area contributed by atoms with Gasteiger partial charge in [0.2, 0.25) is 0 Å². The molecule has 2 rings (SSSR count). The molecule has 21 heavy (non-hydrogen) atoms. The second kappa shape index (κ2) is 6.21. The maximum atomic E-state index is 11.0. The van der Waals surface area contributed by atoms with Crippen molar-refractivity contribution in [2.24, 2.45) is 7.05 Å². The Morgan fingerprint density at radius 1 is 1.38 bits per heavy atom. The van der Waals surface area contributed by atoms with E-state index in [0.29, 0.717) is 18.2 Å². The lowest BCUT2D eigenvalue weighted by molar-refractivity contribution is -0.384. The minimum Gasteiger partial charge on any atom is -0.370 e. The summed E-state index contributed by atoms with van der Waals surface area (Å²) in [5.74, 6) is 0.897. The molecule has 2 aromatic heterocycles. The van der Waals surface area contributed by atoms with Crippen molar-refractivity contribution in [2.45, 2.75) is 20.3 Å². The summed E-state index contributed by atoms with van der Waals surface area (Å²) in [6.45, 7) is 4.58. The van der Waals surface area contributed by atoms with Crippen molar-refractivity contribution in [3.05, 3.63) is 34.1 Å². The minimum atomic E-state index is -0.430. The number of anilines is 3. The third-order valence-corrected chi connectivity index (χ3v) is 2.85. The number of aryl methyl sites for hydroxylation is 2. The first-order valence-corrected chi connectivity index (χ1v) is 6.67. The summed E-state index contributed by atoms with van der Waals surface area (Å²) in [4.78, 5) is 14.9. The third kappa shape index (κ3) is 3.68. The zero-order chi connectivity index (χ0) is 15.4. The summed E-state index contributed by atoms with van der Waals surface area (Å²) in [6, 6.07) is 2.83. The fourth-order valence-electron chi connectivity index (χ4n) is 1.89. The average Bonchev–Trinajstić information content (AvgIpc) is 2.74. The molecule has 8 nitrogen and oxygen atoms in total. The van der Waals surface area contributed by atoms with E-state index in [9.17, 15) is 10.1 Å². The van der Waals surface area contributed by atoms with Crippen molar-refractivity contribution < 1.29 is 4.92 Å². The molecule has 0 bridgehead atoms. The van der Waals surface area contributed by atoms with Gasteiger partial charge in [-0.2, -0.15) is 5.10 Å². The fraction of sp³-hybridized carbons (Fsp3) is 0.385. The number of pyridine rings is 1. The molecule has 0 unspecified atom stereocenters. The monoisotopic (exact) mass is 290 g/mol. The molecule has 0 aliphatic carbocycles. The summed E-state index contributed by atoms with van der Waals surface area (Å²) in [7, 11) is 1.81. The number of nitro groups is 1. The van der Waals surface area contributed by atoms with Crippen LogP contribution in [0.1, 0.15) is 19.0 Å². The molecule has 2 aromatic rings. The van der Waals surface area contributed by atoms with Crippen LogP contribution in [0.3, 0.4) is 0 Å². The van der Waals surface area contributed by atoms with Crippen molar-refractivity contribution in [3.63, 3.8) is 0 Å². The first kappa shape index (κ1) is 14.8. The van der Waals surface area contributed by atoms with Crippen LogP contribution in [-0.4, -0.2) is 26.2 Å². The van der Waals surface area contributed by atoms with Gasteiger partial charge in [-0.15, -0.1) is 0 Å². The normalized spacial score (nSPS) is 10.4. The molecule has 0 aliphatic heterocycles. The van der Waals surface area contributed by atoms with Crippen LogP contribution < -0.4 is 10.6 Å². The molecule has 8 heteroatoms. The number of nitrogens with one attached hydrogen (secondary N) is 2. The lowest BCUT2D eigenvalue weighted by Gasteiger charge is -2.08. The van der Waals surface area contributed by atoms with Crippen LogP contribution in [-0.2, 0) is 7.05 Å². The molecule has 0 saturated heterocycles. The Hall–Kier alpha value is -2.64. The van der Waals surface area contributed by atoms with Gasteiger partial charge in [0.15, 0.2) is 0 Å². The van der Waals surface area contributed by atoms with Crippen LogP contribution in [0.4, 0.5) is 23.0 Å². The molecule has 0 atom stereocenters. The SMILES string of the molecule is CCCNc1cc([N+](=O)[O-])cc(Nc2cn(C)nc2C)n1. The van der Waals surface area contributed by atoms with Gasteiger partial charge in [0.05, 0.1) is 28.4 Å². The Labute approximate surface area is 122 Å². The molecule has 0 fully saturated rings. The number of aromatic nitrogens is 3. The number of rotatable bonds is 6. The van der Waals surface area contributed by atoms with Gasteiger partial charge in [0, 0.05) is 19.8 Å². The van der Waals surface area contributed by atoms with Crippen LogP contribution in [0.15, 0.2) is 18.3 Å². The number of hydrogen-bond acceptors (Lipinski definition) is 6. The Morgan fingerprint density at radius 3 is 2.67 bits per heavy atom. The Balaban J connectivity index is 2.30. The van der Waals surface area contributed by atoms with E-state index in [1.807, 2.05) is 20.9 Å². The Morgan fingerprint density at radius 2 is 2.10 bits per heavy atom. The van der Waals surface area contributed by atoms with Crippen LogP contribution in [0, 0.1) is 17.0 Å². The molecule has 2 N–H and O–H groups in total. The highest BCUT2D eigenvalue weighted by atomic mass is 16.6. The molecule has 112 valence electrons. The highest BCUT2D eigenvalue weighted by molar-refractivity contribution is 5.63. The molecule has 0 spiro atoms.